The van der Waals surface area contributed by atoms with Crippen LogP contribution in [0.1, 0.15) is 11.3 Å². The molecule has 0 atom stereocenters. The van der Waals surface area contributed by atoms with Crippen LogP contribution in [0.25, 0.3) is 5.69 Å². The van der Waals surface area contributed by atoms with E-state index >= 15 is 0 Å². The first-order valence-electron chi connectivity index (χ1n) is 8.51. The molecule has 0 saturated heterocycles. The summed E-state index contributed by atoms with van der Waals surface area (Å²) in [5.74, 6) is -0.710. The lowest BCUT2D eigenvalue weighted by Crippen LogP contribution is -2.24. The fraction of sp³-hybridized carbons (Fsp3) is 0.150. The van der Waals surface area contributed by atoms with Crippen LogP contribution in [0.15, 0.2) is 64.5 Å². The highest BCUT2D eigenvalue weighted by Gasteiger charge is 2.14. The number of nitrogens with zero attached hydrogens (tertiary/aromatic N) is 3. The smallest absolute Gasteiger partial charge is 0.277 e. The molecule has 144 valence electrons. The van der Waals surface area contributed by atoms with Crippen molar-refractivity contribution in [3.05, 3.63) is 82.0 Å². The van der Waals surface area contributed by atoms with Crippen LogP contribution in [0.4, 0.5) is 4.39 Å². The van der Waals surface area contributed by atoms with Crippen LogP contribution in [0.2, 0.25) is 0 Å². The first-order valence-corrected chi connectivity index (χ1v) is 8.51. The van der Waals surface area contributed by atoms with Crippen LogP contribution in [-0.4, -0.2) is 28.1 Å². The lowest BCUT2D eigenvalue weighted by Gasteiger charge is -2.08. The average Bonchev–Trinajstić information content (AvgIpc) is 2.90. The first-order chi connectivity index (χ1) is 13.5. The standard InChI is InChI=1S/C20H19FN4O3/c1-14-18(24(2)25(20(14)27)16-8-4-3-5-9-16)12-22-23-19(26)13-28-17-10-6-7-15(21)11-17/h3-12H,13H2,1-2H3,(H,23,26)/b22-12-. The number of nitrogens with one attached hydrogen (secondary N) is 1. The van der Waals surface area contributed by atoms with Gasteiger partial charge in [-0.3, -0.25) is 14.3 Å². The lowest BCUT2D eigenvalue weighted by molar-refractivity contribution is -0.123. The van der Waals surface area contributed by atoms with E-state index in [4.69, 9.17) is 4.74 Å². The molecule has 8 heteroatoms. The maximum absolute atomic E-state index is 13.1. The minimum absolute atomic E-state index is 0.170. The van der Waals surface area contributed by atoms with Crippen molar-refractivity contribution in [1.82, 2.24) is 14.8 Å². The molecule has 0 radical (unpaired) electrons. The van der Waals surface area contributed by atoms with E-state index in [9.17, 15) is 14.0 Å². The molecule has 0 aliphatic heterocycles. The quantitative estimate of drug-likeness (QED) is 0.524. The third kappa shape index (κ3) is 4.17. The van der Waals surface area contributed by atoms with E-state index in [0.717, 1.165) is 5.69 Å². The molecule has 1 heterocycles. The second kappa shape index (κ2) is 8.34. The van der Waals surface area contributed by atoms with E-state index in [1.165, 1.54) is 29.1 Å². The second-order valence-electron chi connectivity index (χ2n) is 6.03. The zero-order chi connectivity index (χ0) is 20.1. The maximum Gasteiger partial charge on any atom is 0.277 e. The fourth-order valence-electron chi connectivity index (χ4n) is 2.70. The Kier molecular flexibility index (Phi) is 5.69. The van der Waals surface area contributed by atoms with Crippen molar-refractivity contribution in [3.63, 3.8) is 0 Å². The summed E-state index contributed by atoms with van der Waals surface area (Å²) in [5.41, 5.74) is 3.94. The zero-order valence-electron chi connectivity index (χ0n) is 15.4. The Labute approximate surface area is 160 Å². The van der Waals surface area contributed by atoms with E-state index in [0.29, 0.717) is 11.3 Å². The van der Waals surface area contributed by atoms with Crippen LogP contribution < -0.4 is 15.7 Å². The van der Waals surface area contributed by atoms with Gasteiger partial charge >= 0.3 is 0 Å². The van der Waals surface area contributed by atoms with Gasteiger partial charge in [0.15, 0.2) is 6.61 Å². The number of hydrogen-bond acceptors (Lipinski definition) is 4. The molecule has 3 aromatic rings. The predicted molar refractivity (Wildman–Crippen MR) is 103 cm³/mol. The van der Waals surface area contributed by atoms with Crippen molar-refractivity contribution in [2.45, 2.75) is 6.92 Å². The van der Waals surface area contributed by atoms with Crippen molar-refractivity contribution >= 4 is 12.1 Å². The average molecular weight is 382 g/mol. The normalized spacial score (nSPS) is 11.0. The molecule has 1 N–H and O–H groups in total. The monoisotopic (exact) mass is 382 g/mol. The molecule has 3 rings (SSSR count). The van der Waals surface area contributed by atoms with E-state index in [1.807, 2.05) is 30.3 Å². The molecule has 1 amide bonds. The fourth-order valence-corrected chi connectivity index (χ4v) is 2.70. The number of hydrogen-bond donors (Lipinski definition) is 1. The van der Waals surface area contributed by atoms with Crippen molar-refractivity contribution in [3.8, 4) is 11.4 Å². The molecule has 28 heavy (non-hydrogen) atoms. The van der Waals surface area contributed by atoms with Crippen LogP contribution in [0.5, 0.6) is 5.75 Å². The molecule has 7 nitrogen and oxygen atoms in total. The van der Waals surface area contributed by atoms with Gasteiger partial charge in [-0.15, -0.1) is 0 Å². The van der Waals surface area contributed by atoms with Crippen molar-refractivity contribution < 1.29 is 13.9 Å². The minimum atomic E-state index is -0.509. The summed E-state index contributed by atoms with van der Waals surface area (Å²) in [7, 11) is 1.73. The number of amides is 1. The molecule has 2 aromatic carbocycles. The Bertz CT molecular complexity index is 1070. The molecular weight excluding hydrogens is 363 g/mol. The maximum atomic E-state index is 13.1. The Hall–Kier alpha value is -3.68. The number of aromatic nitrogens is 2. The summed E-state index contributed by atoms with van der Waals surface area (Å²) in [4.78, 5) is 24.4. The van der Waals surface area contributed by atoms with E-state index in [1.54, 1.807) is 24.7 Å². The number of ether oxygens (including phenoxy) is 1. The lowest BCUT2D eigenvalue weighted by atomic mass is 10.3. The highest BCUT2D eigenvalue weighted by Crippen LogP contribution is 2.11. The molecule has 0 aliphatic carbocycles. The molecule has 0 unspecified atom stereocenters. The summed E-state index contributed by atoms with van der Waals surface area (Å²) < 4.78 is 21.5. The topological polar surface area (TPSA) is 77.6 Å². The molecule has 0 saturated carbocycles. The number of carbonyl (C=O) groups is 1. The Morgan fingerprint density at radius 1 is 1.21 bits per heavy atom. The van der Waals surface area contributed by atoms with Crippen molar-refractivity contribution in [1.29, 1.82) is 0 Å². The highest BCUT2D eigenvalue weighted by atomic mass is 19.1. The molecular formula is C20H19FN4O3. The molecule has 0 fully saturated rings. The third-order valence-electron chi connectivity index (χ3n) is 4.09. The van der Waals surface area contributed by atoms with Gasteiger partial charge in [-0.25, -0.2) is 14.5 Å². The number of halogens is 1. The van der Waals surface area contributed by atoms with E-state index < -0.39 is 11.7 Å². The second-order valence-corrected chi connectivity index (χ2v) is 6.03. The van der Waals surface area contributed by atoms with Gasteiger partial charge in [0.2, 0.25) is 0 Å². The summed E-state index contributed by atoms with van der Waals surface area (Å²) in [6.07, 6.45) is 1.40. The van der Waals surface area contributed by atoms with Gasteiger partial charge in [-0.2, -0.15) is 5.10 Å². The summed E-state index contributed by atoms with van der Waals surface area (Å²) >= 11 is 0. The van der Waals surface area contributed by atoms with Gasteiger partial charge in [0, 0.05) is 18.7 Å². The Morgan fingerprint density at radius 3 is 2.68 bits per heavy atom. The Morgan fingerprint density at radius 2 is 1.96 bits per heavy atom. The Balaban J connectivity index is 1.67. The number of benzene rings is 2. The highest BCUT2D eigenvalue weighted by molar-refractivity contribution is 5.82. The predicted octanol–water partition coefficient (Wildman–Crippen LogP) is 2.15. The SMILES string of the molecule is Cc1c(/C=N\NC(=O)COc2cccc(F)c2)n(C)n(-c2ccccc2)c1=O. The van der Waals surface area contributed by atoms with Gasteiger partial charge in [0.25, 0.3) is 11.5 Å². The summed E-state index contributed by atoms with van der Waals surface area (Å²) in [6.45, 7) is 1.38. The van der Waals surface area contributed by atoms with Crippen LogP contribution in [-0.2, 0) is 11.8 Å². The van der Waals surface area contributed by atoms with Crippen LogP contribution in [0, 0.1) is 12.7 Å². The van der Waals surface area contributed by atoms with Gasteiger partial charge in [0.05, 0.1) is 17.6 Å². The van der Waals surface area contributed by atoms with Crippen molar-refractivity contribution in [2.75, 3.05) is 6.61 Å². The van der Waals surface area contributed by atoms with Gasteiger partial charge in [-0.05, 0) is 31.2 Å². The van der Waals surface area contributed by atoms with Gasteiger partial charge in [0.1, 0.15) is 11.6 Å². The summed E-state index contributed by atoms with van der Waals surface area (Å²) in [5, 5.41) is 3.89. The van der Waals surface area contributed by atoms with Crippen LogP contribution >= 0.6 is 0 Å². The molecule has 0 spiro atoms. The largest absolute Gasteiger partial charge is 0.484 e. The molecule has 0 bridgehead atoms. The van der Waals surface area contributed by atoms with E-state index in [2.05, 4.69) is 10.5 Å². The minimum Gasteiger partial charge on any atom is -0.484 e. The number of rotatable bonds is 6. The van der Waals surface area contributed by atoms with Crippen LogP contribution in [0.3, 0.4) is 0 Å². The molecule has 1 aromatic heterocycles. The first kappa shape index (κ1) is 19.1. The van der Waals surface area contributed by atoms with Gasteiger partial charge < -0.3 is 4.74 Å². The number of hydrazone groups is 1. The number of para-hydroxylation sites is 1. The number of carbonyl (C=O) groups excluding carboxylic acids is 1. The van der Waals surface area contributed by atoms with Gasteiger partial charge in [-0.1, -0.05) is 24.3 Å². The van der Waals surface area contributed by atoms with Crippen molar-refractivity contribution in [2.24, 2.45) is 12.1 Å². The summed E-state index contributed by atoms with van der Waals surface area (Å²) in [6, 6.07) is 14.7. The molecule has 0 aliphatic rings. The third-order valence-corrected chi connectivity index (χ3v) is 4.09. The zero-order valence-corrected chi connectivity index (χ0v) is 15.4. The van der Waals surface area contributed by atoms with E-state index in [-0.39, 0.29) is 17.9 Å².